The predicted octanol–water partition coefficient (Wildman–Crippen LogP) is 5.84. The maximum absolute atomic E-state index is 14.0. The maximum atomic E-state index is 14.0. The summed E-state index contributed by atoms with van der Waals surface area (Å²) in [5, 5.41) is 18.4. The van der Waals surface area contributed by atoms with E-state index in [1.807, 2.05) is 36.1 Å². The van der Waals surface area contributed by atoms with Gasteiger partial charge in [0.2, 0.25) is 5.91 Å². The molecule has 8 rings (SSSR count). The number of rotatable bonds is 6. The molecule has 11 heteroatoms. The normalized spacial score (nSPS) is 30.0. The Balaban J connectivity index is 1.21. The van der Waals surface area contributed by atoms with E-state index in [1.54, 1.807) is 16.7 Å². The van der Waals surface area contributed by atoms with Crippen molar-refractivity contribution in [1.82, 2.24) is 19.8 Å². The topological polar surface area (TPSA) is 112 Å². The Hall–Kier alpha value is -3.14. The highest BCUT2D eigenvalue weighted by Crippen LogP contribution is 2.61. The first-order valence-electron chi connectivity index (χ1n) is 16.9. The van der Waals surface area contributed by atoms with Crippen molar-refractivity contribution in [2.45, 2.75) is 90.4 Å². The molecule has 9 nitrogen and oxygen atoms in total. The zero-order valence-corrected chi connectivity index (χ0v) is 29.0. The summed E-state index contributed by atoms with van der Waals surface area (Å²) in [5.74, 6) is 3.10. The standard InChI is InChI=1S/C36H44Cl2N6O3/c1-19-17-43(18-32(46)39-19)35(42-30-14-23-13-28(20(30)2)36(23,3)4)40-25-7-8-27-31(16-25)41-33(22-11-26(45)12-22)44(34(27)47)10-9-21-5-6-24(37)15-29(21)38/h5-8,15-16,19-20,22-23,26,28,30,45H,9-14,17-18H2,1-4H3,(H,39,46)(H,40,42)/t19-,20-,22?,23-,26?,28+,30-/m0/s1. The number of anilines is 1. The fourth-order valence-corrected chi connectivity index (χ4v) is 8.97. The molecule has 2 bridgehead atoms. The Morgan fingerprint density at radius 1 is 1.11 bits per heavy atom. The summed E-state index contributed by atoms with van der Waals surface area (Å²) >= 11 is 12.5. The zero-order valence-electron chi connectivity index (χ0n) is 27.5. The third-order valence-electron chi connectivity index (χ3n) is 11.5. The van der Waals surface area contributed by atoms with E-state index in [-0.39, 0.29) is 42.1 Å². The smallest absolute Gasteiger partial charge is 0.261 e. The van der Waals surface area contributed by atoms with Crippen LogP contribution in [0.1, 0.15) is 70.7 Å². The van der Waals surface area contributed by atoms with Gasteiger partial charge in [0.05, 0.1) is 29.6 Å². The molecule has 1 aromatic heterocycles. The molecule has 3 aromatic rings. The van der Waals surface area contributed by atoms with Crippen LogP contribution in [0.2, 0.25) is 10.0 Å². The van der Waals surface area contributed by atoms with Crippen LogP contribution >= 0.6 is 23.2 Å². The van der Waals surface area contributed by atoms with Crippen LogP contribution in [0.25, 0.3) is 10.9 Å². The SMILES string of the molecule is C[C@@H]1[C@@H](/N=C(/Nc2ccc3c(=O)n(CCc4ccc(Cl)cc4Cl)c(C4CC(O)C4)nc3c2)N2CC(=O)N[C@@H](C)C2)C[C@@H]2C[C@H]1C2(C)C. The van der Waals surface area contributed by atoms with Gasteiger partial charge in [-0.3, -0.25) is 14.2 Å². The first kappa shape index (κ1) is 32.4. The highest BCUT2D eigenvalue weighted by molar-refractivity contribution is 6.35. The predicted molar refractivity (Wildman–Crippen MR) is 187 cm³/mol. The molecular formula is C36H44Cl2N6O3. The van der Waals surface area contributed by atoms with E-state index >= 15 is 0 Å². The molecule has 4 saturated carbocycles. The number of benzene rings is 2. The van der Waals surface area contributed by atoms with E-state index in [0.717, 1.165) is 17.7 Å². The number of aryl methyl sites for hydroxylation is 1. The minimum atomic E-state index is -0.388. The summed E-state index contributed by atoms with van der Waals surface area (Å²) in [5.41, 5.74) is 2.50. The summed E-state index contributed by atoms with van der Waals surface area (Å²) < 4.78 is 1.74. The van der Waals surface area contributed by atoms with Crippen LogP contribution in [0, 0.1) is 23.2 Å². The third-order valence-corrected chi connectivity index (χ3v) is 12.1. The quantitative estimate of drug-likeness (QED) is 0.223. The summed E-state index contributed by atoms with van der Waals surface area (Å²) in [6, 6.07) is 11.2. The molecule has 3 N–H and O–H groups in total. The van der Waals surface area contributed by atoms with E-state index in [1.165, 1.54) is 6.42 Å². The molecule has 0 spiro atoms. The number of aromatic nitrogens is 2. The van der Waals surface area contributed by atoms with Crippen molar-refractivity contribution in [1.29, 1.82) is 0 Å². The van der Waals surface area contributed by atoms with Crippen LogP contribution in [-0.2, 0) is 17.8 Å². The van der Waals surface area contributed by atoms with Crippen molar-refractivity contribution in [3.63, 3.8) is 0 Å². The number of nitrogens with one attached hydrogen (secondary N) is 2. The molecule has 47 heavy (non-hydrogen) atoms. The lowest BCUT2D eigenvalue weighted by Gasteiger charge is -2.61. The van der Waals surface area contributed by atoms with Crippen LogP contribution in [0.3, 0.4) is 0 Å². The molecule has 2 aromatic carbocycles. The Labute approximate surface area is 285 Å². The molecule has 5 fully saturated rings. The molecule has 250 valence electrons. The number of guanidine groups is 1. The number of hydrogen-bond donors (Lipinski definition) is 3. The van der Waals surface area contributed by atoms with Crippen LogP contribution in [0.4, 0.5) is 5.69 Å². The lowest BCUT2D eigenvalue weighted by Crippen LogP contribution is -2.58. The van der Waals surface area contributed by atoms with Gasteiger partial charge in [0.1, 0.15) is 5.82 Å². The van der Waals surface area contributed by atoms with Crippen molar-refractivity contribution in [2.24, 2.45) is 28.2 Å². The van der Waals surface area contributed by atoms with E-state index in [2.05, 4.69) is 31.4 Å². The number of halogens is 2. The number of carbonyl (C=O) groups is 1. The Bertz CT molecular complexity index is 1800. The molecular weight excluding hydrogens is 635 g/mol. The first-order chi connectivity index (χ1) is 22.4. The number of hydrogen-bond acceptors (Lipinski definition) is 5. The average Bonchev–Trinajstić information content (AvgIpc) is 2.99. The van der Waals surface area contributed by atoms with Crippen molar-refractivity contribution in [3.8, 4) is 0 Å². The van der Waals surface area contributed by atoms with Gasteiger partial charge in [0.25, 0.3) is 5.56 Å². The van der Waals surface area contributed by atoms with Crippen LogP contribution in [0.15, 0.2) is 46.2 Å². The van der Waals surface area contributed by atoms with Gasteiger partial charge in [-0.05, 0) is 98.1 Å². The van der Waals surface area contributed by atoms with E-state index in [4.69, 9.17) is 33.2 Å². The highest BCUT2D eigenvalue weighted by atomic mass is 35.5. The minimum absolute atomic E-state index is 0.000702. The number of aliphatic imine (C=N–C) groups is 1. The maximum Gasteiger partial charge on any atom is 0.261 e. The fourth-order valence-electron chi connectivity index (χ4n) is 8.47. The second kappa shape index (κ2) is 12.4. The molecule has 0 radical (unpaired) electrons. The number of piperazine rings is 1. The Kier molecular flexibility index (Phi) is 8.54. The summed E-state index contributed by atoms with van der Waals surface area (Å²) in [6.45, 7) is 10.4. The summed E-state index contributed by atoms with van der Waals surface area (Å²) in [4.78, 5) is 39.0. The van der Waals surface area contributed by atoms with Gasteiger partial charge in [0.15, 0.2) is 5.96 Å². The van der Waals surface area contributed by atoms with Crippen LogP contribution in [-0.4, -0.2) is 62.7 Å². The zero-order chi connectivity index (χ0) is 33.2. The molecule has 4 aliphatic carbocycles. The Morgan fingerprint density at radius 2 is 1.89 bits per heavy atom. The van der Waals surface area contributed by atoms with Crippen molar-refractivity contribution >= 4 is 51.7 Å². The van der Waals surface area contributed by atoms with Crippen molar-refractivity contribution < 1.29 is 9.90 Å². The van der Waals surface area contributed by atoms with Gasteiger partial charge < -0.3 is 20.6 Å². The second-order valence-electron chi connectivity index (χ2n) is 14.9. The number of aliphatic hydroxyl groups excluding tert-OH is 1. The molecule has 1 saturated heterocycles. The van der Waals surface area contributed by atoms with Crippen molar-refractivity contribution in [3.05, 3.63) is 68.2 Å². The second-order valence-corrected chi connectivity index (χ2v) is 15.8. The Morgan fingerprint density at radius 3 is 2.57 bits per heavy atom. The number of carbonyl (C=O) groups excluding carboxylic acids is 1. The molecule has 5 atom stereocenters. The number of aliphatic hydroxyl groups is 1. The number of fused-ring (bicyclic) bond motifs is 3. The van der Waals surface area contributed by atoms with E-state index in [9.17, 15) is 14.7 Å². The molecule has 1 amide bonds. The lowest BCUT2D eigenvalue weighted by molar-refractivity contribution is -0.124. The van der Waals surface area contributed by atoms with Gasteiger partial charge in [0, 0.05) is 40.8 Å². The van der Waals surface area contributed by atoms with Crippen molar-refractivity contribution in [2.75, 3.05) is 18.4 Å². The fraction of sp³-hybridized carbons (Fsp3) is 0.556. The van der Waals surface area contributed by atoms with E-state index in [0.29, 0.717) is 88.3 Å². The lowest BCUT2D eigenvalue weighted by atomic mass is 9.45. The van der Waals surface area contributed by atoms with Gasteiger partial charge >= 0.3 is 0 Å². The van der Waals surface area contributed by atoms with Gasteiger partial charge in [-0.1, -0.05) is 50.0 Å². The molecule has 1 aliphatic heterocycles. The first-order valence-corrected chi connectivity index (χ1v) is 17.7. The van der Waals surface area contributed by atoms with Gasteiger partial charge in [-0.15, -0.1) is 0 Å². The highest BCUT2D eigenvalue weighted by Gasteiger charge is 2.56. The van der Waals surface area contributed by atoms with Crippen LogP contribution < -0.4 is 16.2 Å². The molecule has 2 heterocycles. The summed E-state index contributed by atoms with van der Waals surface area (Å²) in [6.07, 6.45) is 3.62. The van der Waals surface area contributed by atoms with Gasteiger partial charge in [-0.25, -0.2) is 9.98 Å². The number of nitrogens with zero attached hydrogens (tertiary/aromatic N) is 4. The largest absolute Gasteiger partial charge is 0.393 e. The minimum Gasteiger partial charge on any atom is -0.393 e. The summed E-state index contributed by atoms with van der Waals surface area (Å²) in [7, 11) is 0. The number of amides is 1. The monoisotopic (exact) mass is 678 g/mol. The van der Waals surface area contributed by atoms with Gasteiger partial charge in [-0.2, -0.15) is 0 Å². The van der Waals surface area contributed by atoms with E-state index < -0.39 is 0 Å². The molecule has 0 unspecified atom stereocenters. The third kappa shape index (κ3) is 6.15. The molecule has 5 aliphatic rings. The average molecular weight is 680 g/mol. The van der Waals surface area contributed by atoms with Crippen LogP contribution in [0.5, 0.6) is 0 Å².